The molecule has 1 aromatic heterocycles. The van der Waals surface area contributed by atoms with Gasteiger partial charge in [0.1, 0.15) is 5.82 Å². The molecule has 0 aliphatic carbocycles. The molecule has 0 saturated heterocycles. The molecule has 5 heteroatoms. The van der Waals surface area contributed by atoms with Gasteiger partial charge in [-0.05, 0) is 25.5 Å². The Bertz CT molecular complexity index is 583. The van der Waals surface area contributed by atoms with E-state index in [0.717, 1.165) is 17.2 Å². The number of hydrogen-bond donors (Lipinski definition) is 1. The highest BCUT2D eigenvalue weighted by atomic mass is 16.3. The molecular weight excluding hydrogens is 228 g/mol. The minimum Gasteiger partial charge on any atom is -0.396 e. The summed E-state index contributed by atoms with van der Waals surface area (Å²) in [5, 5.41) is 26.0. The van der Waals surface area contributed by atoms with Crippen LogP contribution in [0.1, 0.15) is 17.8 Å². The second kappa shape index (κ2) is 5.43. The fourth-order valence-corrected chi connectivity index (χ4v) is 1.82. The fourth-order valence-electron chi connectivity index (χ4n) is 1.82. The van der Waals surface area contributed by atoms with Crippen molar-refractivity contribution in [2.75, 3.05) is 6.61 Å². The highest BCUT2D eigenvalue weighted by Gasteiger charge is 2.10. The molecule has 0 unspecified atom stereocenters. The molecule has 0 spiro atoms. The summed E-state index contributed by atoms with van der Waals surface area (Å²) in [6.45, 7) is 2.68. The minimum atomic E-state index is 0.134. The zero-order chi connectivity index (χ0) is 13.0. The number of aromatic nitrogens is 3. The summed E-state index contributed by atoms with van der Waals surface area (Å²) in [5.41, 5.74) is 1.47. The number of hydrogen-bond acceptors (Lipinski definition) is 4. The molecule has 1 heterocycles. The first kappa shape index (κ1) is 12.3. The smallest absolute Gasteiger partial charge is 0.163 e. The summed E-state index contributed by atoms with van der Waals surface area (Å²) in [5.74, 6) is 1.54. The molecule has 0 aliphatic rings. The van der Waals surface area contributed by atoms with Crippen molar-refractivity contribution in [2.45, 2.75) is 19.9 Å². The van der Waals surface area contributed by atoms with E-state index < -0.39 is 0 Å². The van der Waals surface area contributed by atoms with Crippen molar-refractivity contribution in [1.29, 1.82) is 5.26 Å². The van der Waals surface area contributed by atoms with E-state index in [9.17, 15) is 0 Å². The van der Waals surface area contributed by atoms with Crippen molar-refractivity contribution in [2.24, 2.45) is 0 Å². The molecule has 92 valence electrons. The van der Waals surface area contributed by atoms with Gasteiger partial charge in [0.25, 0.3) is 0 Å². The van der Waals surface area contributed by atoms with Crippen LogP contribution in [-0.4, -0.2) is 26.5 Å². The first-order chi connectivity index (χ1) is 8.76. The third kappa shape index (κ3) is 2.39. The van der Waals surface area contributed by atoms with Gasteiger partial charge in [0.2, 0.25) is 0 Å². The summed E-state index contributed by atoms with van der Waals surface area (Å²) >= 11 is 0. The van der Waals surface area contributed by atoms with Crippen molar-refractivity contribution >= 4 is 0 Å². The van der Waals surface area contributed by atoms with Crippen LogP contribution in [0.15, 0.2) is 24.3 Å². The Labute approximate surface area is 105 Å². The normalized spacial score (nSPS) is 10.3. The maximum atomic E-state index is 8.90. The summed E-state index contributed by atoms with van der Waals surface area (Å²) in [6, 6.07) is 9.38. The van der Waals surface area contributed by atoms with Gasteiger partial charge in [0, 0.05) is 18.7 Å². The van der Waals surface area contributed by atoms with Crippen LogP contribution >= 0.6 is 0 Å². The largest absolute Gasteiger partial charge is 0.396 e. The van der Waals surface area contributed by atoms with Gasteiger partial charge in [-0.1, -0.05) is 12.1 Å². The van der Waals surface area contributed by atoms with E-state index in [4.69, 9.17) is 10.4 Å². The zero-order valence-corrected chi connectivity index (χ0v) is 10.2. The molecule has 1 aromatic carbocycles. The molecule has 2 aromatic rings. The first-order valence-electron chi connectivity index (χ1n) is 5.77. The van der Waals surface area contributed by atoms with Crippen molar-refractivity contribution in [3.05, 3.63) is 35.7 Å². The number of aryl methyl sites for hydroxylation is 1. The van der Waals surface area contributed by atoms with Crippen molar-refractivity contribution in [3.8, 4) is 17.5 Å². The van der Waals surface area contributed by atoms with E-state index in [0.29, 0.717) is 18.5 Å². The molecule has 0 bridgehead atoms. The Morgan fingerprint density at radius 3 is 2.94 bits per heavy atom. The van der Waals surface area contributed by atoms with Crippen LogP contribution in [0.5, 0.6) is 0 Å². The molecule has 0 amide bonds. The highest BCUT2D eigenvalue weighted by Crippen LogP contribution is 2.19. The van der Waals surface area contributed by atoms with Gasteiger partial charge in [-0.15, -0.1) is 10.2 Å². The minimum absolute atomic E-state index is 0.134. The molecule has 2 rings (SSSR count). The van der Waals surface area contributed by atoms with Gasteiger partial charge in [-0.2, -0.15) is 5.26 Å². The van der Waals surface area contributed by atoms with Gasteiger partial charge >= 0.3 is 0 Å². The van der Waals surface area contributed by atoms with Crippen LogP contribution in [-0.2, 0) is 6.54 Å². The Balaban J connectivity index is 2.41. The Morgan fingerprint density at radius 2 is 2.22 bits per heavy atom. The SMILES string of the molecule is Cc1nnc(-c2cccc(C#N)c2)n1CCCO. The quantitative estimate of drug-likeness (QED) is 0.881. The van der Waals surface area contributed by atoms with Crippen molar-refractivity contribution in [1.82, 2.24) is 14.8 Å². The van der Waals surface area contributed by atoms with E-state index in [1.54, 1.807) is 12.1 Å². The van der Waals surface area contributed by atoms with Gasteiger partial charge in [-0.25, -0.2) is 0 Å². The van der Waals surface area contributed by atoms with E-state index in [1.165, 1.54) is 0 Å². The van der Waals surface area contributed by atoms with E-state index in [1.807, 2.05) is 23.6 Å². The lowest BCUT2D eigenvalue weighted by Gasteiger charge is -2.07. The predicted octanol–water partition coefficient (Wildman–Crippen LogP) is 1.51. The van der Waals surface area contributed by atoms with Crippen LogP contribution in [0.3, 0.4) is 0 Å². The third-order valence-electron chi connectivity index (χ3n) is 2.73. The first-order valence-corrected chi connectivity index (χ1v) is 5.77. The predicted molar refractivity (Wildman–Crippen MR) is 66.6 cm³/mol. The molecule has 0 radical (unpaired) electrons. The third-order valence-corrected chi connectivity index (χ3v) is 2.73. The van der Waals surface area contributed by atoms with Gasteiger partial charge < -0.3 is 9.67 Å². The number of aliphatic hydroxyl groups is 1. The van der Waals surface area contributed by atoms with E-state index in [-0.39, 0.29) is 6.61 Å². The maximum absolute atomic E-state index is 8.90. The molecule has 1 N–H and O–H groups in total. The maximum Gasteiger partial charge on any atom is 0.163 e. The fraction of sp³-hybridized carbons (Fsp3) is 0.308. The summed E-state index contributed by atoms with van der Waals surface area (Å²) in [4.78, 5) is 0. The second-order valence-corrected chi connectivity index (χ2v) is 3.99. The Hall–Kier alpha value is -2.19. The van der Waals surface area contributed by atoms with Crippen LogP contribution in [0.25, 0.3) is 11.4 Å². The van der Waals surface area contributed by atoms with Gasteiger partial charge in [-0.3, -0.25) is 0 Å². The molecular formula is C13H14N4O. The molecule has 0 atom stereocenters. The molecule has 5 nitrogen and oxygen atoms in total. The van der Waals surface area contributed by atoms with E-state index >= 15 is 0 Å². The van der Waals surface area contributed by atoms with Crippen LogP contribution in [0.2, 0.25) is 0 Å². The molecule has 0 fully saturated rings. The van der Waals surface area contributed by atoms with Gasteiger partial charge in [0.05, 0.1) is 11.6 Å². The highest BCUT2D eigenvalue weighted by molar-refractivity contribution is 5.58. The van der Waals surface area contributed by atoms with Crippen molar-refractivity contribution in [3.63, 3.8) is 0 Å². The zero-order valence-electron chi connectivity index (χ0n) is 10.2. The Kier molecular flexibility index (Phi) is 3.70. The monoisotopic (exact) mass is 242 g/mol. The lowest BCUT2D eigenvalue weighted by atomic mass is 10.1. The lowest BCUT2D eigenvalue weighted by molar-refractivity contribution is 0.279. The van der Waals surface area contributed by atoms with Gasteiger partial charge in [0.15, 0.2) is 5.82 Å². The molecule has 18 heavy (non-hydrogen) atoms. The second-order valence-electron chi connectivity index (χ2n) is 3.99. The lowest BCUT2D eigenvalue weighted by Crippen LogP contribution is -2.04. The van der Waals surface area contributed by atoms with E-state index in [2.05, 4.69) is 16.3 Å². The van der Waals surface area contributed by atoms with Crippen LogP contribution in [0, 0.1) is 18.3 Å². The average molecular weight is 242 g/mol. The van der Waals surface area contributed by atoms with Crippen LogP contribution in [0.4, 0.5) is 0 Å². The number of nitrogens with zero attached hydrogens (tertiary/aromatic N) is 4. The van der Waals surface area contributed by atoms with Crippen molar-refractivity contribution < 1.29 is 5.11 Å². The molecule has 0 saturated carbocycles. The number of rotatable bonds is 4. The average Bonchev–Trinajstić information content (AvgIpc) is 2.77. The standard InChI is InChI=1S/C13H14N4O/c1-10-15-16-13(17(10)6-3-7-18)12-5-2-4-11(8-12)9-14/h2,4-5,8,18H,3,6-7H2,1H3. The van der Waals surface area contributed by atoms with Crippen LogP contribution < -0.4 is 0 Å². The summed E-state index contributed by atoms with van der Waals surface area (Å²) in [7, 11) is 0. The summed E-state index contributed by atoms with van der Waals surface area (Å²) < 4.78 is 1.95. The number of aliphatic hydroxyl groups excluding tert-OH is 1. The number of benzene rings is 1. The topological polar surface area (TPSA) is 74.7 Å². The summed E-state index contributed by atoms with van der Waals surface area (Å²) in [6.07, 6.45) is 0.657. The number of nitriles is 1. The Morgan fingerprint density at radius 1 is 1.39 bits per heavy atom. The molecule has 0 aliphatic heterocycles.